The summed E-state index contributed by atoms with van der Waals surface area (Å²) < 4.78 is 6.54. The maximum Gasteiger partial charge on any atom is 0.255 e. The van der Waals surface area contributed by atoms with Crippen LogP contribution in [0.5, 0.6) is 0 Å². The largest absolute Gasteiger partial charge is 0.383 e. The molecule has 0 atom stereocenters. The minimum atomic E-state index is -0.172. The molecule has 2 aromatic heterocycles. The van der Waals surface area contributed by atoms with E-state index in [2.05, 4.69) is 20.4 Å². The van der Waals surface area contributed by atoms with Gasteiger partial charge < -0.3 is 10.1 Å². The number of H-pyrrole nitrogens is 1. The van der Waals surface area contributed by atoms with Crippen molar-refractivity contribution in [2.75, 3.05) is 20.3 Å². The molecule has 0 aliphatic carbocycles. The lowest BCUT2D eigenvalue weighted by molar-refractivity contribution is -0.121. The fourth-order valence-corrected chi connectivity index (χ4v) is 2.59. The molecular weight excluding hydrogens is 322 g/mol. The normalized spacial score (nSPS) is 10.9. The van der Waals surface area contributed by atoms with Crippen LogP contribution in [0.1, 0.15) is 34.6 Å². The van der Waals surface area contributed by atoms with Gasteiger partial charge in [0.05, 0.1) is 12.3 Å². The number of carbonyl (C=O) groups is 1. The molecule has 2 N–H and O–H groups in total. The van der Waals surface area contributed by atoms with Crippen molar-refractivity contribution in [1.29, 1.82) is 0 Å². The minimum Gasteiger partial charge on any atom is -0.383 e. The van der Waals surface area contributed by atoms with E-state index in [9.17, 15) is 9.59 Å². The van der Waals surface area contributed by atoms with E-state index in [1.54, 1.807) is 25.6 Å². The Morgan fingerprint density at radius 3 is 2.60 bits per heavy atom. The van der Waals surface area contributed by atoms with Gasteiger partial charge in [-0.05, 0) is 39.7 Å². The lowest BCUT2D eigenvalue weighted by Crippen LogP contribution is -2.27. The number of hydrogen-bond donors (Lipinski definition) is 2. The van der Waals surface area contributed by atoms with Gasteiger partial charge in [0.1, 0.15) is 0 Å². The molecule has 0 radical (unpaired) electrons. The van der Waals surface area contributed by atoms with Crippen LogP contribution in [0.2, 0.25) is 0 Å². The highest BCUT2D eigenvalue weighted by molar-refractivity contribution is 5.76. The molecule has 0 fully saturated rings. The molecule has 2 rings (SSSR count). The summed E-state index contributed by atoms with van der Waals surface area (Å²) in [6, 6.07) is 0. The lowest BCUT2D eigenvalue weighted by Gasteiger charge is -2.07. The second-order valence-electron chi connectivity index (χ2n) is 6.00. The van der Waals surface area contributed by atoms with Crippen molar-refractivity contribution in [2.24, 2.45) is 0 Å². The number of aromatic amines is 1. The summed E-state index contributed by atoms with van der Waals surface area (Å²) in [6.07, 6.45) is 0.944. The summed E-state index contributed by atoms with van der Waals surface area (Å²) >= 11 is 0. The zero-order valence-electron chi connectivity index (χ0n) is 15.4. The Morgan fingerprint density at radius 1 is 1.24 bits per heavy atom. The Morgan fingerprint density at radius 2 is 1.96 bits per heavy atom. The molecular formula is C17H25N5O3. The van der Waals surface area contributed by atoms with E-state index in [0.717, 1.165) is 17.0 Å². The Bertz CT molecular complexity index is 822. The Kier molecular flexibility index (Phi) is 6.08. The molecule has 0 saturated heterocycles. The van der Waals surface area contributed by atoms with Gasteiger partial charge >= 0.3 is 0 Å². The minimum absolute atomic E-state index is 0.0266. The molecule has 2 aromatic rings. The van der Waals surface area contributed by atoms with E-state index in [1.807, 2.05) is 13.8 Å². The molecule has 0 saturated carbocycles. The van der Waals surface area contributed by atoms with Crippen LogP contribution in [0.15, 0.2) is 4.79 Å². The Balaban J connectivity index is 2.18. The summed E-state index contributed by atoms with van der Waals surface area (Å²) in [7, 11) is 1.60. The molecule has 136 valence electrons. The topological polar surface area (TPSA) is 102 Å². The zero-order valence-corrected chi connectivity index (χ0v) is 15.4. The van der Waals surface area contributed by atoms with Crippen molar-refractivity contribution in [3.63, 3.8) is 0 Å². The van der Waals surface area contributed by atoms with Crippen LogP contribution >= 0.6 is 0 Å². The third kappa shape index (κ3) is 4.33. The van der Waals surface area contributed by atoms with E-state index in [-0.39, 0.29) is 11.5 Å². The molecule has 0 bridgehead atoms. The van der Waals surface area contributed by atoms with Gasteiger partial charge in [-0.3, -0.25) is 14.6 Å². The van der Waals surface area contributed by atoms with E-state index >= 15 is 0 Å². The van der Waals surface area contributed by atoms with E-state index in [0.29, 0.717) is 43.2 Å². The van der Waals surface area contributed by atoms with Crippen LogP contribution in [0, 0.1) is 27.7 Å². The molecule has 0 aromatic carbocycles. The van der Waals surface area contributed by atoms with Crippen LogP contribution in [0.4, 0.5) is 0 Å². The van der Waals surface area contributed by atoms with Gasteiger partial charge in [0.2, 0.25) is 11.9 Å². The van der Waals surface area contributed by atoms with Gasteiger partial charge in [0.15, 0.2) is 0 Å². The first kappa shape index (κ1) is 18.9. The third-order valence-electron chi connectivity index (χ3n) is 4.25. The second kappa shape index (κ2) is 8.06. The van der Waals surface area contributed by atoms with Crippen molar-refractivity contribution < 1.29 is 9.53 Å². The fourth-order valence-electron chi connectivity index (χ4n) is 2.59. The summed E-state index contributed by atoms with van der Waals surface area (Å²) in [5.41, 5.74) is 3.78. The zero-order chi connectivity index (χ0) is 18.6. The number of rotatable bonds is 7. The average Bonchev–Trinajstić information content (AvgIpc) is 2.85. The quantitative estimate of drug-likeness (QED) is 0.724. The first-order chi connectivity index (χ1) is 11.8. The number of amides is 1. The standard InChI is InChI=1S/C17H25N5O3/c1-10-11(2)19-17(20-16(10)24)22-13(4)14(12(3)21-22)6-7-15(23)18-8-9-25-5/h6-9H2,1-5H3,(H,18,23)(H,19,20,24). The molecule has 0 unspecified atom stereocenters. The monoisotopic (exact) mass is 347 g/mol. The van der Waals surface area contributed by atoms with E-state index in [1.165, 1.54) is 0 Å². The molecule has 0 aliphatic rings. The van der Waals surface area contributed by atoms with Crippen molar-refractivity contribution in [2.45, 2.75) is 40.5 Å². The van der Waals surface area contributed by atoms with Gasteiger partial charge in [0.25, 0.3) is 5.56 Å². The molecule has 0 aliphatic heterocycles. The number of methoxy groups -OCH3 is 1. The highest BCUT2D eigenvalue weighted by Gasteiger charge is 2.16. The van der Waals surface area contributed by atoms with Gasteiger partial charge in [0, 0.05) is 37.0 Å². The summed E-state index contributed by atoms with van der Waals surface area (Å²) in [5.74, 6) is 0.366. The predicted molar refractivity (Wildman–Crippen MR) is 94.1 cm³/mol. The number of carbonyl (C=O) groups excluding carboxylic acids is 1. The highest BCUT2D eigenvalue weighted by atomic mass is 16.5. The van der Waals surface area contributed by atoms with Gasteiger partial charge in [-0.25, -0.2) is 9.67 Å². The van der Waals surface area contributed by atoms with Crippen molar-refractivity contribution in [1.82, 2.24) is 25.1 Å². The Labute approximate surface area is 146 Å². The molecule has 1 amide bonds. The van der Waals surface area contributed by atoms with Crippen LogP contribution in [-0.2, 0) is 16.0 Å². The van der Waals surface area contributed by atoms with Gasteiger partial charge in [-0.1, -0.05) is 0 Å². The second-order valence-corrected chi connectivity index (χ2v) is 6.00. The average molecular weight is 347 g/mol. The van der Waals surface area contributed by atoms with Crippen molar-refractivity contribution in [3.05, 3.63) is 38.6 Å². The maximum absolute atomic E-state index is 12.0. The van der Waals surface area contributed by atoms with Crippen molar-refractivity contribution in [3.8, 4) is 5.95 Å². The molecule has 8 nitrogen and oxygen atoms in total. The summed E-state index contributed by atoms with van der Waals surface area (Å²) in [5, 5.41) is 7.28. The number of aryl methyl sites for hydroxylation is 2. The van der Waals surface area contributed by atoms with Gasteiger partial charge in [-0.2, -0.15) is 5.10 Å². The molecule has 0 spiro atoms. The predicted octanol–water partition coefficient (Wildman–Crippen LogP) is 0.884. The first-order valence-corrected chi connectivity index (χ1v) is 8.23. The number of ether oxygens (including phenoxy) is 1. The number of nitrogens with one attached hydrogen (secondary N) is 2. The highest BCUT2D eigenvalue weighted by Crippen LogP contribution is 2.17. The third-order valence-corrected chi connectivity index (χ3v) is 4.25. The fraction of sp³-hybridized carbons (Fsp3) is 0.529. The summed E-state index contributed by atoms with van der Waals surface area (Å²) in [6.45, 7) is 8.33. The Hall–Kier alpha value is -2.48. The molecule has 2 heterocycles. The van der Waals surface area contributed by atoms with Crippen molar-refractivity contribution >= 4 is 5.91 Å². The first-order valence-electron chi connectivity index (χ1n) is 8.23. The SMILES string of the molecule is COCCNC(=O)CCc1c(C)nn(-c2nc(C)c(C)c(=O)[nH]2)c1C. The van der Waals surface area contributed by atoms with Crippen LogP contribution in [0.25, 0.3) is 5.95 Å². The molecule has 25 heavy (non-hydrogen) atoms. The van der Waals surface area contributed by atoms with E-state index < -0.39 is 0 Å². The smallest absolute Gasteiger partial charge is 0.255 e. The van der Waals surface area contributed by atoms with E-state index in [4.69, 9.17) is 4.74 Å². The van der Waals surface area contributed by atoms with Crippen LogP contribution < -0.4 is 10.9 Å². The lowest BCUT2D eigenvalue weighted by atomic mass is 10.1. The maximum atomic E-state index is 12.0. The number of hydrogen-bond acceptors (Lipinski definition) is 5. The number of aromatic nitrogens is 4. The molecule has 8 heteroatoms. The number of nitrogens with zero attached hydrogens (tertiary/aromatic N) is 3. The van der Waals surface area contributed by atoms with Crippen LogP contribution in [0.3, 0.4) is 0 Å². The summed E-state index contributed by atoms with van der Waals surface area (Å²) in [4.78, 5) is 31.0. The van der Waals surface area contributed by atoms with Gasteiger partial charge in [-0.15, -0.1) is 0 Å². The van der Waals surface area contributed by atoms with Crippen LogP contribution in [-0.4, -0.2) is 45.9 Å².